The van der Waals surface area contributed by atoms with E-state index in [1.807, 2.05) is 0 Å². The summed E-state index contributed by atoms with van der Waals surface area (Å²) in [5.74, 6) is -2.66. The number of carbonyl (C=O) groups is 1. The smallest absolute Gasteiger partial charge is 0.330 e. The average Bonchev–Trinajstić information content (AvgIpc) is 3.58. The van der Waals surface area contributed by atoms with Crippen molar-refractivity contribution in [1.29, 1.82) is 0 Å². The Bertz CT molecular complexity index is 2260. The molecule has 3 aromatic rings. The molecule has 0 amide bonds. The van der Waals surface area contributed by atoms with Crippen molar-refractivity contribution in [3.05, 3.63) is 71.0 Å². The highest BCUT2D eigenvalue weighted by atomic mass is 16.8. The molecule has 0 radical (unpaired) electrons. The van der Waals surface area contributed by atoms with Crippen molar-refractivity contribution in [3.63, 3.8) is 0 Å². The highest BCUT2D eigenvalue weighted by Gasteiger charge is 2.50. The molecule has 366 valence electrons. The van der Waals surface area contributed by atoms with Gasteiger partial charge in [-0.05, 0) is 42.0 Å². The number of ether oxygens (including phenoxy) is 10. The lowest BCUT2D eigenvalue weighted by Crippen LogP contribution is -2.62. The number of carbonyl (C=O) groups excluding carboxylic acids is 1. The zero-order valence-corrected chi connectivity index (χ0v) is 35.4. The van der Waals surface area contributed by atoms with Crippen molar-refractivity contribution in [3.8, 4) is 46.0 Å². The molecule has 0 aromatic heterocycles. The quantitative estimate of drug-likeness (QED) is 0.0337. The molecule has 24 nitrogen and oxygen atoms in total. The second-order valence-corrected chi connectivity index (χ2v) is 15.8. The number of benzene rings is 3. The Morgan fingerprint density at radius 2 is 1.16 bits per heavy atom. The minimum Gasteiger partial charge on any atom is -0.571 e. The zero-order valence-electron chi connectivity index (χ0n) is 35.4. The van der Waals surface area contributed by atoms with Gasteiger partial charge in [0.25, 0.3) is 11.9 Å². The predicted molar refractivity (Wildman–Crippen MR) is 220 cm³/mol. The van der Waals surface area contributed by atoms with Crippen molar-refractivity contribution in [2.45, 2.75) is 92.1 Å². The van der Waals surface area contributed by atoms with Crippen molar-refractivity contribution in [1.82, 2.24) is 0 Å². The maximum absolute atomic E-state index is 12.5. The van der Waals surface area contributed by atoms with Crippen LogP contribution in [-0.4, -0.2) is 197 Å². The molecular formula is C43H51O24+. The standard InChI is InChI=1S/C43H50O24/c1-58-24-7-16(8-25(59-2)31(24)49)3-6-30(48)60-13-27-34(52)37(55)41(65-27)61-14-28-32(50)35(53)38(56)42(66-28)62-15-29-33(51)36(54)39(57)43(67-29)64-26-12-19-21(46)10-18(44)11-23(19)63-40(26)17-4-5-20(45)22(47)9-17/h3-12,27-29,32-47,49-57H,13-15H2,1-2H3/p+1/b6-3+/t27-,28-,29-,32-,33+,34+,35+,36+,37-,38-,39-,40?,41-,42-,43-/m1/s1. The molecule has 3 aromatic carbocycles. The van der Waals surface area contributed by atoms with Gasteiger partial charge >= 0.3 is 5.97 Å². The summed E-state index contributed by atoms with van der Waals surface area (Å²) in [7, 11) is 2.66. The second kappa shape index (κ2) is 20.7. The summed E-state index contributed by atoms with van der Waals surface area (Å²) in [4.78, 5) is 12.5. The van der Waals surface area contributed by atoms with Gasteiger partial charge in [0.15, 0.2) is 41.3 Å². The Morgan fingerprint density at radius 1 is 0.627 bits per heavy atom. The van der Waals surface area contributed by atoms with Crippen molar-refractivity contribution in [2.24, 2.45) is 0 Å². The van der Waals surface area contributed by atoms with E-state index in [9.17, 15) is 71.2 Å². The summed E-state index contributed by atoms with van der Waals surface area (Å²) in [6.45, 7) is -1.90. The van der Waals surface area contributed by atoms with Crippen LogP contribution in [-0.2, 0) is 38.0 Å². The van der Waals surface area contributed by atoms with Crippen LogP contribution in [0.5, 0.6) is 46.0 Å². The van der Waals surface area contributed by atoms with Crippen LogP contribution in [0.15, 0.2) is 54.3 Å². The topological polar surface area (TPSA) is 376 Å². The lowest BCUT2D eigenvalue weighted by atomic mass is 9.98. The molecule has 24 heteroatoms. The van der Waals surface area contributed by atoms with E-state index in [2.05, 4.69) is 4.74 Å². The maximum atomic E-state index is 12.5. The van der Waals surface area contributed by atoms with Gasteiger partial charge in [-0.15, -0.1) is 0 Å². The number of aliphatic hydroxyl groups is 9. The van der Waals surface area contributed by atoms with Gasteiger partial charge in [-0.25, -0.2) is 4.79 Å². The van der Waals surface area contributed by atoms with E-state index in [0.29, 0.717) is 5.56 Å². The molecule has 0 spiro atoms. The first kappa shape index (κ1) is 49.2. The molecule has 4 aliphatic rings. The average molecular weight is 952 g/mol. The fourth-order valence-electron chi connectivity index (χ4n) is 7.57. The van der Waals surface area contributed by atoms with Gasteiger partial charge in [-0.2, -0.15) is 0 Å². The van der Waals surface area contributed by atoms with Crippen LogP contribution in [0.2, 0.25) is 0 Å². The van der Waals surface area contributed by atoms with Crippen molar-refractivity contribution >= 4 is 18.1 Å². The molecule has 0 saturated carbocycles. The van der Waals surface area contributed by atoms with E-state index in [-0.39, 0.29) is 45.6 Å². The van der Waals surface area contributed by atoms with E-state index < -0.39 is 135 Å². The van der Waals surface area contributed by atoms with E-state index >= 15 is 0 Å². The van der Waals surface area contributed by atoms with Crippen LogP contribution in [0.1, 0.15) is 22.8 Å². The monoisotopic (exact) mass is 951 g/mol. The predicted octanol–water partition coefficient (Wildman–Crippen LogP) is -2.06. The number of esters is 1. The number of fused-ring (bicyclic) bond motifs is 1. The van der Waals surface area contributed by atoms with Crippen molar-refractivity contribution in [2.75, 3.05) is 34.0 Å². The summed E-state index contributed by atoms with van der Waals surface area (Å²) in [5.41, 5.74) is 0.718. The number of hydrogen-bond donors (Lipinski definition) is 13. The number of methoxy groups -OCH3 is 2. The van der Waals surface area contributed by atoms with Gasteiger partial charge < -0.3 is 114 Å². The number of phenols is 5. The highest BCUT2D eigenvalue weighted by Crippen LogP contribution is 2.46. The number of rotatable bonds is 15. The molecular weight excluding hydrogens is 900 g/mol. The third kappa shape index (κ3) is 10.6. The van der Waals surface area contributed by atoms with Gasteiger partial charge in [0.1, 0.15) is 90.8 Å². The fraction of sp³-hybridized carbons (Fsp3) is 0.465. The molecule has 3 fully saturated rings. The first-order chi connectivity index (χ1) is 31.9. The third-order valence-electron chi connectivity index (χ3n) is 11.3. The summed E-state index contributed by atoms with van der Waals surface area (Å²) < 4.78 is 54.1. The normalized spacial score (nSPS) is 32.8. The van der Waals surface area contributed by atoms with Crippen LogP contribution in [0.4, 0.5) is 0 Å². The van der Waals surface area contributed by atoms with Gasteiger partial charge in [0, 0.05) is 18.2 Å². The van der Waals surface area contributed by atoms with E-state index in [0.717, 1.165) is 12.1 Å². The lowest BCUT2D eigenvalue weighted by molar-refractivity contribution is -0.332. The summed E-state index contributed by atoms with van der Waals surface area (Å²) in [5, 5.41) is 137. The third-order valence-corrected chi connectivity index (χ3v) is 11.3. The van der Waals surface area contributed by atoms with Gasteiger partial charge in [-0.1, -0.05) is 0 Å². The maximum Gasteiger partial charge on any atom is 0.330 e. The Labute approximate surface area is 379 Å². The van der Waals surface area contributed by atoms with Crippen molar-refractivity contribution < 1.29 is 119 Å². The van der Waals surface area contributed by atoms with Gasteiger partial charge in [-0.3, -0.25) is 0 Å². The SMILES string of the molecule is COc1cc(/C=C/C(=O)OC[C@H]2O[C@@H](OC[C@H]3O[C@@H](OC[C@H]4O[C@@H](OC5=Cc6c(O)cc(O)cc6[OH+]C5c5ccc(O)c(O)c5)[C@H](O)[C@@H](O)[C@H]4O)[C@H](O)[C@@H](O)[C@@H]3O)[C@H](O)[C@H]2O)cc(OC)c1O. The molecule has 15 atom stereocenters. The summed E-state index contributed by atoms with van der Waals surface area (Å²) in [6, 6.07) is 8.89. The molecule has 0 bridgehead atoms. The van der Waals surface area contributed by atoms with Gasteiger partial charge in [0.05, 0.1) is 39.1 Å². The Hall–Kier alpha value is -5.71. The largest absolute Gasteiger partial charge is 0.571 e. The molecule has 1 unspecified atom stereocenters. The lowest BCUT2D eigenvalue weighted by Gasteiger charge is -2.43. The molecule has 4 heterocycles. The van der Waals surface area contributed by atoms with E-state index in [1.165, 1.54) is 62.8 Å². The summed E-state index contributed by atoms with van der Waals surface area (Å²) >= 11 is 0. The van der Waals surface area contributed by atoms with Crippen LogP contribution >= 0.6 is 0 Å². The summed E-state index contributed by atoms with van der Waals surface area (Å²) in [6.07, 6.45) is -21.6. The highest BCUT2D eigenvalue weighted by molar-refractivity contribution is 5.87. The number of hydrogen-bond acceptors (Lipinski definition) is 23. The first-order valence-corrected chi connectivity index (χ1v) is 20.5. The Morgan fingerprint density at radius 3 is 1.75 bits per heavy atom. The minimum absolute atomic E-state index is 0.0762. The van der Waals surface area contributed by atoms with E-state index in [1.54, 1.807) is 0 Å². The molecule has 4 aliphatic heterocycles. The van der Waals surface area contributed by atoms with Crippen LogP contribution in [0.3, 0.4) is 0 Å². The Balaban J connectivity index is 0.956. The molecule has 3 saturated heterocycles. The van der Waals surface area contributed by atoms with Gasteiger partial charge in [0.2, 0.25) is 12.0 Å². The fourth-order valence-corrected chi connectivity index (χ4v) is 7.57. The van der Waals surface area contributed by atoms with E-state index in [4.69, 9.17) is 42.6 Å². The molecule has 7 rings (SSSR count). The number of aliphatic hydroxyl groups excluding tert-OH is 8. The Kier molecular flexibility index (Phi) is 15.2. The van der Waals surface area contributed by atoms with Crippen LogP contribution < -0.4 is 9.47 Å². The molecule has 14 N–H and O–H groups in total. The number of phenolic OH excluding ortho intramolecular Hbond substituents is 5. The second-order valence-electron chi connectivity index (χ2n) is 15.8. The molecule has 67 heavy (non-hydrogen) atoms. The van der Waals surface area contributed by atoms with Crippen LogP contribution in [0, 0.1) is 0 Å². The van der Waals surface area contributed by atoms with Crippen LogP contribution in [0.25, 0.3) is 12.2 Å². The molecule has 0 aliphatic carbocycles. The number of aromatic hydroxyl groups is 6. The first-order valence-electron chi connectivity index (χ1n) is 20.5. The zero-order chi connectivity index (χ0) is 48.4. The minimum atomic E-state index is -1.94.